The van der Waals surface area contributed by atoms with Gasteiger partial charge in [-0.25, -0.2) is 23.4 Å². The minimum absolute atomic E-state index is 0.0667. The summed E-state index contributed by atoms with van der Waals surface area (Å²) in [5.74, 6) is -2.16. The number of carbonyl (C=O) groups is 1. The van der Waals surface area contributed by atoms with E-state index in [4.69, 9.17) is 16.3 Å². The zero-order valence-electron chi connectivity index (χ0n) is 18.3. The van der Waals surface area contributed by atoms with Crippen molar-refractivity contribution in [2.75, 3.05) is 13.7 Å². The van der Waals surface area contributed by atoms with Gasteiger partial charge in [-0.1, -0.05) is 22.9 Å². The second-order valence-corrected chi connectivity index (χ2v) is 7.95. The molecule has 176 valence electrons. The summed E-state index contributed by atoms with van der Waals surface area (Å²) in [5, 5.41) is 14.8. The lowest BCUT2D eigenvalue weighted by Crippen LogP contribution is -2.40. The highest BCUT2D eigenvalue weighted by molar-refractivity contribution is 6.29. The van der Waals surface area contributed by atoms with Crippen LogP contribution in [0.3, 0.4) is 0 Å². The molecule has 0 aromatic carbocycles. The SMILES string of the molecule is COc1c(C(C)(CNC(=O)c2cn(-c3ncc(F)cc3F)nn2)c2cccc(Cl)n2)cnn1C. The molecule has 4 aromatic rings. The molecule has 1 amide bonds. The first-order valence-electron chi connectivity index (χ1n) is 9.94. The Labute approximate surface area is 197 Å². The van der Waals surface area contributed by atoms with Crippen molar-refractivity contribution >= 4 is 17.5 Å². The van der Waals surface area contributed by atoms with Crippen LogP contribution in [0.5, 0.6) is 5.88 Å². The van der Waals surface area contributed by atoms with E-state index in [1.54, 1.807) is 36.1 Å². The molecule has 0 radical (unpaired) electrons. The number of hydrogen-bond acceptors (Lipinski definition) is 7. The molecule has 1 atom stereocenters. The number of aromatic nitrogens is 7. The fraction of sp³-hybridized carbons (Fsp3) is 0.238. The van der Waals surface area contributed by atoms with Gasteiger partial charge in [0.15, 0.2) is 17.3 Å². The van der Waals surface area contributed by atoms with E-state index in [1.807, 2.05) is 6.92 Å². The zero-order valence-corrected chi connectivity index (χ0v) is 19.1. The molecule has 4 heterocycles. The van der Waals surface area contributed by atoms with E-state index >= 15 is 0 Å². The van der Waals surface area contributed by atoms with Crippen LogP contribution in [0.4, 0.5) is 8.78 Å². The van der Waals surface area contributed by atoms with Crippen LogP contribution in [0.25, 0.3) is 5.82 Å². The molecule has 1 N–H and O–H groups in total. The lowest BCUT2D eigenvalue weighted by molar-refractivity contribution is 0.0941. The standard InChI is InChI=1S/C21H19ClF2N8O2/c1-21(16-5-4-6-17(22)28-16,13-9-27-31(2)20(13)34-3)11-26-19(33)15-10-32(30-29-15)18-14(24)7-12(23)8-25-18/h4-10H,11H2,1-3H3,(H,26,33). The van der Waals surface area contributed by atoms with Crippen LogP contribution in [0.2, 0.25) is 5.15 Å². The molecule has 34 heavy (non-hydrogen) atoms. The van der Waals surface area contributed by atoms with Crippen molar-refractivity contribution in [2.24, 2.45) is 7.05 Å². The third-order valence-corrected chi connectivity index (χ3v) is 5.50. The third kappa shape index (κ3) is 4.31. The van der Waals surface area contributed by atoms with Crippen LogP contribution in [-0.2, 0) is 12.5 Å². The normalized spacial score (nSPS) is 12.9. The van der Waals surface area contributed by atoms with Crippen molar-refractivity contribution in [3.05, 3.63) is 76.6 Å². The van der Waals surface area contributed by atoms with Gasteiger partial charge in [-0.15, -0.1) is 5.10 Å². The topological polar surface area (TPSA) is 113 Å². The minimum Gasteiger partial charge on any atom is -0.481 e. The van der Waals surface area contributed by atoms with Crippen molar-refractivity contribution in [2.45, 2.75) is 12.3 Å². The van der Waals surface area contributed by atoms with Crippen LogP contribution >= 0.6 is 11.6 Å². The molecule has 10 nitrogen and oxygen atoms in total. The molecule has 13 heteroatoms. The molecule has 0 aliphatic carbocycles. The molecule has 0 saturated carbocycles. The van der Waals surface area contributed by atoms with Gasteiger partial charge in [-0.05, 0) is 19.1 Å². The van der Waals surface area contributed by atoms with E-state index in [1.165, 1.54) is 13.3 Å². The molecule has 0 saturated heterocycles. The number of amides is 1. The number of rotatable bonds is 7. The maximum absolute atomic E-state index is 14.0. The van der Waals surface area contributed by atoms with Crippen LogP contribution in [0.15, 0.2) is 42.9 Å². The highest BCUT2D eigenvalue weighted by Gasteiger charge is 2.36. The quantitative estimate of drug-likeness (QED) is 0.397. The van der Waals surface area contributed by atoms with Gasteiger partial charge in [0.2, 0.25) is 5.88 Å². The van der Waals surface area contributed by atoms with Gasteiger partial charge < -0.3 is 10.1 Å². The number of nitrogens with one attached hydrogen (secondary N) is 1. The zero-order chi connectivity index (χ0) is 24.5. The van der Waals surface area contributed by atoms with E-state index in [0.717, 1.165) is 10.9 Å². The number of carbonyl (C=O) groups excluding carboxylic acids is 1. The number of ether oxygens (including phenoxy) is 1. The Balaban J connectivity index is 1.62. The van der Waals surface area contributed by atoms with Crippen LogP contribution in [0, 0.1) is 11.6 Å². The number of aryl methyl sites for hydroxylation is 1. The summed E-state index contributed by atoms with van der Waals surface area (Å²) >= 11 is 6.13. The molecule has 0 aliphatic heterocycles. The maximum Gasteiger partial charge on any atom is 0.273 e. The summed E-state index contributed by atoms with van der Waals surface area (Å²) in [5.41, 5.74) is 0.271. The Kier molecular flexibility index (Phi) is 6.24. The van der Waals surface area contributed by atoms with Gasteiger partial charge in [0, 0.05) is 25.2 Å². The summed E-state index contributed by atoms with van der Waals surface area (Å²) in [6.45, 7) is 1.93. The van der Waals surface area contributed by atoms with Gasteiger partial charge in [0.25, 0.3) is 5.91 Å². The lowest BCUT2D eigenvalue weighted by atomic mass is 9.80. The van der Waals surface area contributed by atoms with Crippen LogP contribution in [-0.4, -0.2) is 54.3 Å². The number of methoxy groups -OCH3 is 1. The molecule has 0 spiro atoms. The minimum atomic E-state index is -0.944. The van der Waals surface area contributed by atoms with Gasteiger partial charge in [0.1, 0.15) is 11.0 Å². The van der Waals surface area contributed by atoms with Crippen molar-refractivity contribution in [3.8, 4) is 11.7 Å². The summed E-state index contributed by atoms with van der Waals surface area (Å²) < 4.78 is 35.2. The van der Waals surface area contributed by atoms with Crippen LogP contribution in [0.1, 0.15) is 28.7 Å². The monoisotopic (exact) mass is 488 g/mol. The first-order valence-corrected chi connectivity index (χ1v) is 10.3. The number of hydrogen-bond donors (Lipinski definition) is 1. The van der Waals surface area contributed by atoms with Gasteiger partial charge in [-0.3, -0.25) is 4.79 Å². The van der Waals surface area contributed by atoms with E-state index in [9.17, 15) is 13.6 Å². The molecule has 4 aromatic heterocycles. The highest BCUT2D eigenvalue weighted by Crippen LogP contribution is 2.36. The average molecular weight is 489 g/mol. The number of nitrogens with zero attached hydrogens (tertiary/aromatic N) is 7. The Hall–Kier alpha value is -3.93. The molecular formula is C21H19ClF2N8O2. The summed E-state index contributed by atoms with van der Waals surface area (Å²) in [7, 11) is 3.25. The van der Waals surface area contributed by atoms with E-state index in [-0.39, 0.29) is 23.2 Å². The van der Waals surface area contributed by atoms with E-state index < -0.39 is 23.0 Å². The summed E-state index contributed by atoms with van der Waals surface area (Å²) in [4.78, 5) is 20.9. The van der Waals surface area contributed by atoms with Gasteiger partial charge in [0.05, 0.1) is 36.8 Å². The Bertz CT molecular complexity index is 1360. The largest absolute Gasteiger partial charge is 0.481 e. The fourth-order valence-corrected chi connectivity index (χ4v) is 3.64. The second kappa shape index (κ2) is 9.14. The molecule has 0 aliphatic rings. The predicted molar refractivity (Wildman–Crippen MR) is 117 cm³/mol. The number of pyridine rings is 2. The third-order valence-electron chi connectivity index (χ3n) is 5.29. The van der Waals surface area contributed by atoms with Gasteiger partial charge >= 0.3 is 0 Å². The molecule has 4 rings (SSSR count). The smallest absolute Gasteiger partial charge is 0.273 e. The molecular weight excluding hydrogens is 470 g/mol. The first-order chi connectivity index (χ1) is 16.2. The van der Waals surface area contributed by atoms with E-state index in [0.29, 0.717) is 23.2 Å². The van der Waals surface area contributed by atoms with Crippen molar-refractivity contribution < 1.29 is 18.3 Å². The molecule has 0 fully saturated rings. The average Bonchev–Trinajstić information content (AvgIpc) is 3.44. The predicted octanol–water partition coefficient (Wildman–Crippen LogP) is 2.47. The maximum atomic E-state index is 14.0. The Morgan fingerprint density at radius 1 is 1.29 bits per heavy atom. The summed E-state index contributed by atoms with van der Waals surface area (Å²) in [6.07, 6.45) is 3.66. The Morgan fingerprint density at radius 2 is 2.09 bits per heavy atom. The van der Waals surface area contributed by atoms with Crippen molar-refractivity contribution in [3.63, 3.8) is 0 Å². The lowest BCUT2D eigenvalue weighted by Gasteiger charge is -2.29. The summed E-state index contributed by atoms with van der Waals surface area (Å²) in [6, 6.07) is 5.84. The first kappa shape index (κ1) is 23.2. The highest BCUT2D eigenvalue weighted by atomic mass is 35.5. The molecule has 1 unspecified atom stereocenters. The van der Waals surface area contributed by atoms with E-state index in [2.05, 4.69) is 30.7 Å². The number of halogens is 3. The fourth-order valence-electron chi connectivity index (χ4n) is 3.48. The van der Waals surface area contributed by atoms with Crippen LogP contribution < -0.4 is 10.1 Å². The molecule has 0 bridgehead atoms. The Morgan fingerprint density at radius 3 is 2.79 bits per heavy atom. The van der Waals surface area contributed by atoms with Crippen molar-refractivity contribution in [1.29, 1.82) is 0 Å². The van der Waals surface area contributed by atoms with Crippen molar-refractivity contribution in [1.82, 2.24) is 40.1 Å². The van der Waals surface area contributed by atoms with Gasteiger partial charge in [-0.2, -0.15) is 9.78 Å². The second-order valence-electron chi connectivity index (χ2n) is 7.56.